The van der Waals surface area contributed by atoms with Crippen LogP contribution in [0.3, 0.4) is 0 Å². The van der Waals surface area contributed by atoms with Crippen LogP contribution in [0.5, 0.6) is 0 Å². The molecule has 0 atom stereocenters. The van der Waals surface area contributed by atoms with Crippen molar-refractivity contribution in [2.24, 2.45) is 0 Å². The van der Waals surface area contributed by atoms with Crippen molar-refractivity contribution >= 4 is 33.2 Å². The summed E-state index contributed by atoms with van der Waals surface area (Å²) in [6, 6.07) is 7.56. The third kappa shape index (κ3) is 2.88. The van der Waals surface area contributed by atoms with Gasteiger partial charge in [-0.05, 0) is 17.7 Å². The molecule has 0 unspecified atom stereocenters. The van der Waals surface area contributed by atoms with Gasteiger partial charge in [-0.2, -0.15) is 0 Å². The molecule has 2 rings (SSSR count). The predicted octanol–water partition coefficient (Wildman–Crippen LogP) is 2.81. The number of rotatable bonds is 4. The molecule has 4 nitrogen and oxygen atoms in total. The summed E-state index contributed by atoms with van der Waals surface area (Å²) in [5.41, 5.74) is 1.67. The van der Waals surface area contributed by atoms with Crippen molar-refractivity contribution in [2.75, 3.05) is 0 Å². The number of hydrogen-bond acceptors (Lipinski definition) is 3. The standard InChI is InChI=1S/C12H10BrNO3S/c13-9-3-1-8(2-4-9)10-7-18-12(17)14(10)6-5-11(15)16/h1-4,7H,5-6H2,(H,15,16). The third-order valence-electron chi connectivity index (χ3n) is 2.47. The molecular formula is C12H10BrNO3S. The fourth-order valence-corrected chi connectivity index (χ4v) is 2.65. The first-order chi connectivity index (χ1) is 8.58. The van der Waals surface area contributed by atoms with Gasteiger partial charge in [-0.1, -0.05) is 39.4 Å². The largest absolute Gasteiger partial charge is 0.481 e. The minimum Gasteiger partial charge on any atom is -0.481 e. The van der Waals surface area contributed by atoms with E-state index in [1.54, 1.807) is 5.38 Å². The molecule has 0 saturated heterocycles. The molecule has 0 aliphatic carbocycles. The minimum atomic E-state index is -0.908. The molecule has 0 aliphatic rings. The molecule has 0 amide bonds. The Balaban J connectivity index is 2.36. The van der Waals surface area contributed by atoms with E-state index in [4.69, 9.17) is 5.11 Å². The Bertz CT molecular complexity index is 615. The minimum absolute atomic E-state index is 0.0554. The fourth-order valence-electron chi connectivity index (χ4n) is 1.60. The van der Waals surface area contributed by atoms with E-state index in [2.05, 4.69) is 15.9 Å². The fraction of sp³-hybridized carbons (Fsp3) is 0.167. The van der Waals surface area contributed by atoms with E-state index < -0.39 is 5.97 Å². The lowest BCUT2D eigenvalue weighted by Crippen LogP contribution is -2.16. The molecule has 0 radical (unpaired) electrons. The smallest absolute Gasteiger partial charge is 0.307 e. The van der Waals surface area contributed by atoms with Gasteiger partial charge >= 0.3 is 10.8 Å². The second kappa shape index (κ2) is 5.49. The number of halogens is 1. The lowest BCUT2D eigenvalue weighted by molar-refractivity contribution is -0.137. The van der Waals surface area contributed by atoms with E-state index in [9.17, 15) is 9.59 Å². The highest BCUT2D eigenvalue weighted by Crippen LogP contribution is 2.22. The Morgan fingerprint density at radius 1 is 1.33 bits per heavy atom. The Kier molecular flexibility index (Phi) is 3.98. The van der Waals surface area contributed by atoms with Crippen molar-refractivity contribution in [3.63, 3.8) is 0 Å². The van der Waals surface area contributed by atoms with Crippen LogP contribution in [0.15, 0.2) is 38.9 Å². The van der Waals surface area contributed by atoms with Gasteiger partial charge in [0.25, 0.3) is 0 Å². The topological polar surface area (TPSA) is 59.3 Å². The summed E-state index contributed by atoms with van der Waals surface area (Å²) in [4.78, 5) is 22.1. The highest BCUT2D eigenvalue weighted by atomic mass is 79.9. The average Bonchev–Trinajstić information content (AvgIpc) is 2.69. The Morgan fingerprint density at radius 3 is 2.61 bits per heavy atom. The van der Waals surface area contributed by atoms with Crippen molar-refractivity contribution < 1.29 is 9.90 Å². The Morgan fingerprint density at radius 2 is 2.00 bits per heavy atom. The van der Waals surface area contributed by atoms with Gasteiger partial charge in [0, 0.05) is 16.4 Å². The summed E-state index contributed by atoms with van der Waals surface area (Å²) in [5.74, 6) is -0.908. The van der Waals surface area contributed by atoms with E-state index in [0.29, 0.717) is 0 Å². The molecule has 0 aliphatic heterocycles. The van der Waals surface area contributed by atoms with Crippen molar-refractivity contribution in [2.45, 2.75) is 13.0 Å². The molecule has 1 aromatic carbocycles. The molecule has 0 bridgehead atoms. The van der Waals surface area contributed by atoms with Crippen LogP contribution in [0.2, 0.25) is 0 Å². The van der Waals surface area contributed by atoms with E-state index >= 15 is 0 Å². The van der Waals surface area contributed by atoms with Crippen molar-refractivity contribution in [1.29, 1.82) is 0 Å². The molecule has 0 spiro atoms. The molecule has 1 N–H and O–H groups in total. The molecule has 6 heteroatoms. The number of benzene rings is 1. The number of aromatic nitrogens is 1. The summed E-state index contributed by atoms with van der Waals surface area (Å²) in [5, 5.41) is 10.4. The number of carboxylic acid groups (broad SMARTS) is 1. The van der Waals surface area contributed by atoms with Gasteiger partial charge in [0.2, 0.25) is 0 Å². The van der Waals surface area contributed by atoms with Gasteiger partial charge in [0.1, 0.15) is 0 Å². The number of hydrogen-bond donors (Lipinski definition) is 1. The molecule has 0 fully saturated rings. The molecule has 18 heavy (non-hydrogen) atoms. The SMILES string of the molecule is O=C(O)CCn1c(-c2ccc(Br)cc2)csc1=O. The van der Waals surface area contributed by atoms with E-state index in [1.165, 1.54) is 4.57 Å². The van der Waals surface area contributed by atoms with Gasteiger partial charge in [-0.15, -0.1) is 0 Å². The number of nitrogens with zero attached hydrogens (tertiary/aromatic N) is 1. The van der Waals surface area contributed by atoms with Crippen molar-refractivity contribution in [3.8, 4) is 11.3 Å². The first-order valence-corrected chi connectivity index (χ1v) is 6.91. The molecule has 1 heterocycles. The Labute approximate surface area is 116 Å². The van der Waals surface area contributed by atoms with Crippen molar-refractivity contribution in [1.82, 2.24) is 4.57 Å². The van der Waals surface area contributed by atoms with E-state index in [-0.39, 0.29) is 17.8 Å². The van der Waals surface area contributed by atoms with Gasteiger partial charge in [-0.25, -0.2) is 0 Å². The number of thiazole rings is 1. The van der Waals surface area contributed by atoms with Gasteiger partial charge in [0.15, 0.2) is 0 Å². The highest BCUT2D eigenvalue weighted by Gasteiger charge is 2.10. The second-order valence-corrected chi connectivity index (χ2v) is 5.43. The zero-order valence-electron chi connectivity index (χ0n) is 9.30. The summed E-state index contributed by atoms with van der Waals surface area (Å²) in [7, 11) is 0. The summed E-state index contributed by atoms with van der Waals surface area (Å²) < 4.78 is 2.46. The second-order valence-electron chi connectivity index (χ2n) is 3.69. The van der Waals surface area contributed by atoms with E-state index in [1.807, 2.05) is 24.3 Å². The van der Waals surface area contributed by atoms with Gasteiger partial charge in [-0.3, -0.25) is 14.2 Å². The lowest BCUT2D eigenvalue weighted by atomic mass is 10.2. The van der Waals surface area contributed by atoms with Crippen LogP contribution < -0.4 is 4.87 Å². The van der Waals surface area contributed by atoms with Crippen LogP contribution in [0.4, 0.5) is 0 Å². The molecule has 1 aromatic heterocycles. The van der Waals surface area contributed by atoms with E-state index in [0.717, 1.165) is 27.1 Å². The summed E-state index contributed by atoms with van der Waals surface area (Å²) >= 11 is 4.43. The normalized spacial score (nSPS) is 10.5. The summed E-state index contributed by atoms with van der Waals surface area (Å²) in [6.45, 7) is 0.197. The monoisotopic (exact) mass is 327 g/mol. The highest BCUT2D eigenvalue weighted by molar-refractivity contribution is 9.10. The van der Waals surface area contributed by atoms with Crippen LogP contribution >= 0.6 is 27.3 Å². The van der Waals surface area contributed by atoms with Crippen LogP contribution in [0, 0.1) is 0 Å². The van der Waals surface area contributed by atoms with Crippen molar-refractivity contribution in [3.05, 3.63) is 43.8 Å². The summed E-state index contributed by atoms with van der Waals surface area (Å²) in [6.07, 6.45) is -0.0554. The third-order valence-corrected chi connectivity index (χ3v) is 3.76. The van der Waals surface area contributed by atoms with Gasteiger partial charge in [0.05, 0.1) is 12.1 Å². The molecule has 2 aromatic rings. The predicted molar refractivity (Wildman–Crippen MR) is 74.0 cm³/mol. The van der Waals surface area contributed by atoms with Gasteiger partial charge < -0.3 is 5.11 Å². The lowest BCUT2D eigenvalue weighted by Gasteiger charge is -2.06. The van der Waals surface area contributed by atoms with Crippen LogP contribution in [-0.4, -0.2) is 15.6 Å². The maximum absolute atomic E-state index is 11.7. The average molecular weight is 328 g/mol. The molecule has 0 saturated carbocycles. The maximum atomic E-state index is 11.7. The maximum Gasteiger partial charge on any atom is 0.307 e. The number of carbonyl (C=O) groups is 1. The first kappa shape index (κ1) is 13.0. The van der Waals surface area contributed by atoms with Crippen LogP contribution in [-0.2, 0) is 11.3 Å². The first-order valence-electron chi connectivity index (χ1n) is 5.24. The zero-order chi connectivity index (χ0) is 13.1. The molecule has 94 valence electrons. The quantitative estimate of drug-likeness (QED) is 0.939. The number of carboxylic acids is 1. The number of aliphatic carboxylic acids is 1. The molecular weight excluding hydrogens is 318 g/mol. The van der Waals surface area contributed by atoms with Crippen LogP contribution in [0.25, 0.3) is 11.3 Å². The Hall–Kier alpha value is -1.40. The van der Waals surface area contributed by atoms with Crippen LogP contribution in [0.1, 0.15) is 6.42 Å². The zero-order valence-corrected chi connectivity index (χ0v) is 11.7.